The maximum Gasteiger partial charge on any atom is 0.226 e. The third kappa shape index (κ3) is 1.78. The Balaban J connectivity index is 1.91. The van der Waals surface area contributed by atoms with Gasteiger partial charge in [-0.25, -0.2) is 4.98 Å². The van der Waals surface area contributed by atoms with E-state index in [0.717, 1.165) is 17.0 Å². The predicted molar refractivity (Wildman–Crippen MR) is 74.6 cm³/mol. The normalized spacial score (nSPS) is 17.6. The van der Waals surface area contributed by atoms with Crippen LogP contribution in [0.4, 0.5) is 5.82 Å². The molecular formula is C14H13N5O2. The number of rotatable bonds is 2. The van der Waals surface area contributed by atoms with Crippen molar-refractivity contribution in [2.45, 2.75) is 12.3 Å². The minimum atomic E-state index is -0.0971. The maximum absolute atomic E-state index is 11.9. The number of H-pyrrole nitrogens is 1. The molecule has 0 saturated heterocycles. The minimum absolute atomic E-state index is 0.0498. The molecule has 2 N–H and O–H groups in total. The van der Waals surface area contributed by atoms with E-state index in [1.54, 1.807) is 18.8 Å². The lowest BCUT2D eigenvalue weighted by molar-refractivity contribution is -0.116. The highest BCUT2D eigenvalue weighted by Crippen LogP contribution is 2.41. The summed E-state index contributed by atoms with van der Waals surface area (Å²) in [5, 5.41) is 9.97. The third-order valence-corrected chi connectivity index (χ3v) is 3.78. The number of nitrogens with one attached hydrogen (secondary N) is 2. The lowest BCUT2D eigenvalue weighted by Gasteiger charge is -2.22. The van der Waals surface area contributed by atoms with Gasteiger partial charge in [0.25, 0.3) is 0 Å². The van der Waals surface area contributed by atoms with E-state index in [0.29, 0.717) is 18.0 Å². The molecule has 0 aliphatic carbocycles. The van der Waals surface area contributed by atoms with E-state index < -0.39 is 0 Å². The second kappa shape index (κ2) is 4.34. The van der Waals surface area contributed by atoms with Crippen molar-refractivity contribution in [3.05, 3.63) is 42.2 Å². The van der Waals surface area contributed by atoms with E-state index >= 15 is 0 Å². The van der Waals surface area contributed by atoms with Gasteiger partial charge in [0.2, 0.25) is 5.91 Å². The van der Waals surface area contributed by atoms with E-state index in [4.69, 9.17) is 4.42 Å². The van der Waals surface area contributed by atoms with Crippen LogP contribution in [0.3, 0.4) is 0 Å². The van der Waals surface area contributed by atoms with E-state index in [2.05, 4.69) is 20.5 Å². The van der Waals surface area contributed by atoms with Crippen LogP contribution >= 0.6 is 0 Å². The molecule has 7 heteroatoms. The van der Waals surface area contributed by atoms with Gasteiger partial charge >= 0.3 is 0 Å². The first kappa shape index (κ1) is 12.0. The molecule has 0 spiro atoms. The number of anilines is 1. The first-order valence-corrected chi connectivity index (χ1v) is 6.62. The van der Waals surface area contributed by atoms with Gasteiger partial charge in [-0.1, -0.05) is 0 Å². The molecule has 0 bridgehead atoms. The van der Waals surface area contributed by atoms with Crippen molar-refractivity contribution in [1.29, 1.82) is 0 Å². The number of hydrogen-bond acceptors (Lipinski definition) is 4. The lowest BCUT2D eigenvalue weighted by Crippen LogP contribution is -2.24. The van der Waals surface area contributed by atoms with E-state index in [1.165, 1.54) is 0 Å². The zero-order valence-electron chi connectivity index (χ0n) is 11.3. The number of fused-ring (bicyclic) bond motifs is 1. The number of carbonyl (C=O) groups excluding carboxylic acids is 1. The Kier molecular flexibility index (Phi) is 2.47. The summed E-state index contributed by atoms with van der Waals surface area (Å²) in [7, 11) is 1.92. The first-order chi connectivity index (χ1) is 10.2. The number of aromatic amines is 1. The van der Waals surface area contributed by atoms with E-state index in [9.17, 15) is 4.79 Å². The number of aryl methyl sites for hydroxylation is 1. The summed E-state index contributed by atoms with van der Waals surface area (Å²) in [6.07, 6.45) is 5.49. The quantitative estimate of drug-likeness (QED) is 0.751. The largest absolute Gasteiger partial charge is 0.463 e. The van der Waals surface area contributed by atoms with Crippen LogP contribution in [0.25, 0.3) is 11.5 Å². The standard InChI is InChI=1S/C14H13N5O2/c1-19-7-15-6-9(19)8-5-11(20)16-14-12(8)13(17-18-14)10-3-2-4-21-10/h2-4,6-8H,5H2,1H3,(H2,16,17,18,20). The number of hydrogen-bond donors (Lipinski definition) is 2. The van der Waals surface area contributed by atoms with Crippen LogP contribution in [0.15, 0.2) is 35.3 Å². The van der Waals surface area contributed by atoms with Crippen molar-refractivity contribution in [3.8, 4) is 11.5 Å². The van der Waals surface area contributed by atoms with E-state index in [-0.39, 0.29) is 11.8 Å². The Morgan fingerprint density at radius 1 is 1.48 bits per heavy atom. The van der Waals surface area contributed by atoms with Crippen LogP contribution in [0.2, 0.25) is 0 Å². The van der Waals surface area contributed by atoms with Gasteiger partial charge in [-0.3, -0.25) is 9.89 Å². The van der Waals surface area contributed by atoms with E-state index in [1.807, 2.05) is 23.7 Å². The zero-order chi connectivity index (χ0) is 14.4. The molecule has 1 unspecified atom stereocenters. The molecule has 7 nitrogen and oxygen atoms in total. The molecule has 1 atom stereocenters. The summed E-state index contributed by atoms with van der Waals surface area (Å²) in [5.74, 6) is 1.11. The molecular weight excluding hydrogens is 270 g/mol. The van der Waals surface area contributed by atoms with Crippen molar-refractivity contribution < 1.29 is 9.21 Å². The molecule has 3 aromatic rings. The number of carbonyl (C=O) groups is 1. The highest BCUT2D eigenvalue weighted by Gasteiger charge is 2.34. The monoisotopic (exact) mass is 283 g/mol. The number of furan rings is 1. The van der Waals surface area contributed by atoms with Crippen LogP contribution < -0.4 is 5.32 Å². The summed E-state index contributed by atoms with van der Waals surface area (Å²) < 4.78 is 7.38. The predicted octanol–water partition coefficient (Wildman–Crippen LogP) is 1.88. The second-order valence-electron chi connectivity index (χ2n) is 5.07. The summed E-state index contributed by atoms with van der Waals surface area (Å²) in [4.78, 5) is 16.1. The Hall–Kier alpha value is -2.83. The Bertz CT molecular complexity index is 799. The number of aromatic nitrogens is 4. The van der Waals surface area contributed by atoms with Crippen molar-refractivity contribution in [2.24, 2.45) is 7.05 Å². The van der Waals surface area contributed by atoms with Crippen molar-refractivity contribution in [1.82, 2.24) is 19.7 Å². The SMILES string of the molecule is Cn1cncc1C1CC(=O)Nc2n[nH]c(-c3ccco3)c21. The summed E-state index contributed by atoms with van der Waals surface area (Å²) in [6, 6.07) is 3.69. The lowest BCUT2D eigenvalue weighted by atomic mass is 9.88. The van der Waals surface area contributed by atoms with Gasteiger partial charge in [0, 0.05) is 36.8 Å². The third-order valence-electron chi connectivity index (χ3n) is 3.78. The number of amides is 1. The highest BCUT2D eigenvalue weighted by molar-refractivity contribution is 5.95. The zero-order valence-corrected chi connectivity index (χ0v) is 11.3. The maximum atomic E-state index is 11.9. The van der Waals surface area contributed by atoms with Gasteiger partial charge in [0.15, 0.2) is 11.6 Å². The molecule has 0 aromatic carbocycles. The Morgan fingerprint density at radius 3 is 3.10 bits per heavy atom. The van der Waals surface area contributed by atoms with Gasteiger partial charge < -0.3 is 14.3 Å². The fourth-order valence-electron chi connectivity index (χ4n) is 2.82. The number of imidazole rings is 1. The van der Waals surface area contributed by atoms with Crippen LogP contribution in [0, 0.1) is 0 Å². The van der Waals surface area contributed by atoms with Crippen LogP contribution in [-0.4, -0.2) is 25.7 Å². The molecule has 0 saturated carbocycles. The smallest absolute Gasteiger partial charge is 0.226 e. The second-order valence-corrected chi connectivity index (χ2v) is 5.07. The summed E-state index contributed by atoms with van der Waals surface area (Å²) in [5.41, 5.74) is 2.70. The average molecular weight is 283 g/mol. The van der Waals surface area contributed by atoms with Crippen LogP contribution in [-0.2, 0) is 11.8 Å². The van der Waals surface area contributed by atoms with Crippen LogP contribution in [0.5, 0.6) is 0 Å². The van der Waals surface area contributed by atoms with Crippen molar-refractivity contribution in [3.63, 3.8) is 0 Å². The molecule has 0 fully saturated rings. The minimum Gasteiger partial charge on any atom is -0.463 e. The number of nitrogens with zero attached hydrogens (tertiary/aromatic N) is 3. The van der Waals surface area contributed by atoms with Gasteiger partial charge in [-0.15, -0.1) is 0 Å². The average Bonchev–Trinajstić information content (AvgIpc) is 3.15. The van der Waals surface area contributed by atoms with Gasteiger partial charge in [-0.2, -0.15) is 5.10 Å². The fourth-order valence-corrected chi connectivity index (χ4v) is 2.82. The molecule has 3 aromatic heterocycles. The summed E-state index contributed by atoms with van der Waals surface area (Å²) in [6.45, 7) is 0. The van der Waals surface area contributed by atoms with Crippen LogP contribution in [0.1, 0.15) is 23.6 Å². The molecule has 21 heavy (non-hydrogen) atoms. The van der Waals surface area contributed by atoms with Gasteiger partial charge in [0.05, 0.1) is 12.6 Å². The molecule has 1 aliphatic rings. The summed E-state index contributed by atoms with van der Waals surface area (Å²) >= 11 is 0. The molecule has 0 radical (unpaired) electrons. The fraction of sp³-hybridized carbons (Fsp3) is 0.214. The van der Waals surface area contributed by atoms with Crippen molar-refractivity contribution in [2.75, 3.05) is 5.32 Å². The topological polar surface area (TPSA) is 88.7 Å². The molecule has 4 heterocycles. The molecule has 106 valence electrons. The van der Waals surface area contributed by atoms with Gasteiger partial charge in [-0.05, 0) is 12.1 Å². The van der Waals surface area contributed by atoms with Crippen molar-refractivity contribution >= 4 is 11.7 Å². The highest BCUT2D eigenvalue weighted by atomic mass is 16.3. The Morgan fingerprint density at radius 2 is 2.38 bits per heavy atom. The van der Waals surface area contributed by atoms with Gasteiger partial charge in [0.1, 0.15) is 5.69 Å². The molecule has 1 aliphatic heterocycles. The molecule has 1 amide bonds. The first-order valence-electron chi connectivity index (χ1n) is 6.62. The Labute approximate surface area is 120 Å². The molecule has 4 rings (SSSR count).